The van der Waals surface area contributed by atoms with E-state index in [-0.39, 0.29) is 6.03 Å². The molecular weight excluding hydrogens is 454 g/mol. The molecule has 1 aromatic heterocycles. The van der Waals surface area contributed by atoms with Gasteiger partial charge in [-0.25, -0.2) is 4.79 Å². The van der Waals surface area contributed by atoms with Crippen LogP contribution >= 0.6 is 0 Å². The van der Waals surface area contributed by atoms with Gasteiger partial charge in [-0.2, -0.15) is 0 Å². The van der Waals surface area contributed by atoms with Gasteiger partial charge in [0.25, 0.3) is 0 Å². The van der Waals surface area contributed by atoms with Gasteiger partial charge in [0, 0.05) is 35.6 Å². The molecule has 0 fully saturated rings. The smallest absolute Gasteiger partial charge is 0.326 e. The Morgan fingerprint density at radius 2 is 1.81 bits per heavy atom. The predicted octanol–water partition coefficient (Wildman–Crippen LogP) is 6.59. The maximum atomic E-state index is 13.2. The number of carbonyl (C=O) groups excluding carboxylic acids is 1. The molecule has 184 valence electrons. The number of aromatic nitrogens is 1. The fraction of sp³-hybridized carbons (Fsp3) is 0.241. The molecule has 0 aliphatic carbocycles. The van der Waals surface area contributed by atoms with Crippen LogP contribution in [0.15, 0.2) is 66.9 Å². The number of urea groups is 1. The van der Waals surface area contributed by atoms with Crippen molar-refractivity contribution in [3.63, 3.8) is 0 Å². The lowest BCUT2D eigenvalue weighted by molar-refractivity contribution is 0.256. The van der Waals surface area contributed by atoms with E-state index in [0.29, 0.717) is 29.5 Å². The summed E-state index contributed by atoms with van der Waals surface area (Å²) >= 11 is 0. The second-order valence-corrected chi connectivity index (χ2v) is 8.62. The number of nitrogens with zero attached hydrogens (tertiary/aromatic N) is 2. The van der Waals surface area contributed by atoms with Crippen LogP contribution in [0.5, 0.6) is 23.0 Å². The Hall–Kier alpha value is -4.26. The molecular formula is C29H29N3O4. The quantitative estimate of drug-likeness (QED) is 0.335. The van der Waals surface area contributed by atoms with Gasteiger partial charge in [0.2, 0.25) is 0 Å². The van der Waals surface area contributed by atoms with E-state index in [9.17, 15) is 4.79 Å². The number of nitrogens with one attached hydrogen (secondary N) is 1. The van der Waals surface area contributed by atoms with Crippen LogP contribution in [-0.4, -0.2) is 31.8 Å². The molecule has 1 N–H and O–H groups in total. The summed E-state index contributed by atoms with van der Waals surface area (Å²) in [6, 6.07) is 19.2. The summed E-state index contributed by atoms with van der Waals surface area (Å²) in [6.45, 7) is 2.76. The van der Waals surface area contributed by atoms with Crippen LogP contribution in [0.4, 0.5) is 16.2 Å². The van der Waals surface area contributed by atoms with Crippen molar-refractivity contribution < 1.29 is 19.0 Å². The first kappa shape index (κ1) is 23.5. The minimum atomic E-state index is -0.119. The topological polar surface area (TPSA) is 72.9 Å². The summed E-state index contributed by atoms with van der Waals surface area (Å²) in [7, 11) is 3.20. The van der Waals surface area contributed by atoms with Crippen molar-refractivity contribution in [2.24, 2.45) is 0 Å². The number of hydrogen-bond acceptors (Lipinski definition) is 5. The Morgan fingerprint density at radius 3 is 2.61 bits per heavy atom. The number of amides is 2. The third kappa shape index (κ3) is 4.52. The molecule has 2 heterocycles. The van der Waals surface area contributed by atoms with Crippen LogP contribution in [0.25, 0.3) is 10.9 Å². The Labute approximate surface area is 210 Å². The van der Waals surface area contributed by atoms with E-state index in [1.54, 1.807) is 20.4 Å². The number of rotatable bonds is 6. The predicted molar refractivity (Wildman–Crippen MR) is 142 cm³/mol. The average Bonchev–Trinajstić information content (AvgIpc) is 2.92. The third-order valence-electron chi connectivity index (χ3n) is 6.49. The first-order chi connectivity index (χ1) is 17.6. The second kappa shape index (κ2) is 10.2. The molecule has 1 aliphatic heterocycles. The van der Waals surface area contributed by atoms with E-state index >= 15 is 0 Å². The molecule has 0 spiro atoms. The Morgan fingerprint density at radius 1 is 1.00 bits per heavy atom. The van der Waals surface area contributed by atoms with Gasteiger partial charge in [-0.05, 0) is 66.8 Å². The maximum Gasteiger partial charge on any atom is 0.326 e. The molecule has 7 heteroatoms. The van der Waals surface area contributed by atoms with Crippen LogP contribution in [0.2, 0.25) is 0 Å². The zero-order valence-electron chi connectivity index (χ0n) is 20.7. The highest BCUT2D eigenvalue weighted by molar-refractivity contribution is 6.03. The molecule has 2 amide bonds. The molecule has 4 aromatic rings. The van der Waals surface area contributed by atoms with E-state index < -0.39 is 0 Å². The molecule has 3 aromatic carbocycles. The van der Waals surface area contributed by atoms with Crippen molar-refractivity contribution in [3.8, 4) is 23.0 Å². The maximum absolute atomic E-state index is 13.2. The largest absolute Gasteiger partial charge is 0.493 e. The van der Waals surface area contributed by atoms with Gasteiger partial charge in [-0.15, -0.1) is 0 Å². The molecule has 7 nitrogen and oxygen atoms in total. The van der Waals surface area contributed by atoms with E-state index in [1.807, 2.05) is 65.6 Å². The van der Waals surface area contributed by atoms with Crippen molar-refractivity contribution in [1.29, 1.82) is 0 Å². The van der Waals surface area contributed by atoms with Crippen molar-refractivity contribution in [2.45, 2.75) is 26.2 Å². The molecule has 36 heavy (non-hydrogen) atoms. The summed E-state index contributed by atoms with van der Waals surface area (Å²) in [6.07, 6.45) is 4.33. The fourth-order valence-electron chi connectivity index (χ4n) is 4.64. The van der Waals surface area contributed by atoms with Gasteiger partial charge in [0.1, 0.15) is 11.5 Å². The van der Waals surface area contributed by atoms with Crippen LogP contribution in [0.3, 0.4) is 0 Å². The number of fused-ring (bicyclic) bond motifs is 2. The Balaban J connectivity index is 1.41. The number of anilines is 2. The second-order valence-electron chi connectivity index (χ2n) is 8.62. The number of ether oxygens (including phenoxy) is 3. The van der Waals surface area contributed by atoms with E-state index in [4.69, 9.17) is 14.2 Å². The highest BCUT2D eigenvalue weighted by atomic mass is 16.5. The zero-order valence-corrected chi connectivity index (χ0v) is 20.7. The molecule has 0 unspecified atom stereocenters. The Bertz CT molecular complexity index is 1420. The number of hydrogen-bond donors (Lipinski definition) is 1. The van der Waals surface area contributed by atoms with Gasteiger partial charge in [-0.1, -0.05) is 25.1 Å². The molecule has 0 saturated carbocycles. The molecule has 0 saturated heterocycles. The number of methoxy groups -OCH3 is 2. The average molecular weight is 484 g/mol. The van der Waals surface area contributed by atoms with Crippen molar-refractivity contribution in [1.82, 2.24) is 4.98 Å². The SMILES string of the molecule is CCc1ccccc1NC(=O)N1CCCc2cc(Oc3ccnc4cc(OC)c(OC)cc34)ccc21. The van der Waals surface area contributed by atoms with Crippen LogP contribution in [-0.2, 0) is 12.8 Å². The minimum absolute atomic E-state index is 0.119. The van der Waals surface area contributed by atoms with E-state index in [0.717, 1.165) is 52.7 Å². The number of aryl methyl sites for hydroxylation is 2. The van der Waals surface area contributed by atoms with Gasteiger partial charge in [-0.3, -0.25) is 9.88 Å². The summed E-state index contributed by atoms with van der Waals surface area (Å²) < 4.78 is 17.2. The van der Waals surface area contributed by atoms with Crippen molar-refractivity contribution in [2.75, 3.05) is 31.0 Å². The van der Waals surface area contributed by atoms with Crippen molar-refractivity contribution >= 4 is 28.3 Å². The highest BCUT2D eigenvalue weighted by Crippen LogP contribution is 2.38. The normalized spacial score (nSPS) is 12.7. The first-order valence-corrected chi connectivity index (χ1v) is 12.1. The monoisotopic (exact) mass is 483 g/mol. The van der Waals surface area contributed by atoms with Crippen molar-refractivity contribution in [3.05, 3.63) is 78.0 Å². The van der Waals surface area contributed by atoms with Crippen LogP contribution in [0, 0.1) is 0 Å². The zero-order chi connectivity index (χ0) is 25.1. The van der Waals surface area contributed by atoms with E-state index in [1.165, 1.54) is 0 Å². The van der Waals surface area contributed by atoms with Gasteiger partial charge >= 0.3 is 6.03 Å². The summed E-state index contributed by atoms with van der Waals surface area (Å²) in [5, 5.41) is 3.92. The lowest BCUT2D eigenvalue weighted by Crippen LogP contribution is -2.38. The number of para-hydroxylation sites is 1. The Kier molecular flexibility index (Phi) is 6.62. The third-order valence-corrected chi connectivity index (χ3v) is 6.49. The highest BCUT2D eigenvalue weighted by Gasteiger charge is 2.24. The summed E-state index contributed by atoms with van der Waals surface area (Å²) in [4.78, 5) is 19.4. The molecule has 0 radical (unpaired) electrons. The molecule has 5 rings (SSSR count). The standard InChI is InChI=1S/C29H29N3O4/c1-4-19-8-5-6-10-23(19)31-29(33)32-15-7-9-20-16-21(11-12-25(20)32)36-26-13-14-30-24-18-28(35-3)27(34-2)17-22(24)26/h5-6,8,10-14,16-18H,4,7,9,15H2,1-3H3,(H,31,33). The van der Waals surface area contributed by atoms with Crippen LogP contribution in [0.1, 0.15) is 24.5 Å². The lowest BCUT2D eigenvalue weighted by Gasteiger charge is -2.30. The summed E-state index contributed by atoms with van der Waals surface area (Å²) in [5.41, 5.74) is 4.71. The van der Waals surface area contributed by atoms with E-state index in [2.05, 4.69) is 17.2 Å². The fourth-order valence-corrected chi connectivity index (χ4v) is 4.64. The summed E-state index contributed by atoms with van der Waals surface area (Å²) in [5.74, 6) is 2.60. The minimum Gasteiger partial charge on any atom is -0.493 e. The lowest BCUT2D eigenvalue weighted by atomic mass is 10.0. The first-order valence-electron chi connectivity index (χ1n) is 12.1. The molecule has 0 bridgehead atoms. The number of carbonyl (C=O) groups is 1. The molecule has 1 aliphatic rings. The molecule has 0 atom stereocenters. The van der Waals surface area contributed by atoms with Gasteiger partial charge < -0.3 is 19.5 Å². The number of benzene rings is 3. The number of pyridine rings is 1. The van der Waals surface area contributed by atoms with Crippen LogP contribution < -0.4 is 24.4 Å². The van der Waals surface area contributed by atoms with Gasteiger partial charge in [0.15, 0.2) is 11.5 Å². The van der Waals surface area contributed by atoms with Gasteiger partial charge in [0.05, 0.1) is 19.7 Å².